The van der Waals surface area contributed by atoms with Gasteiger partial charge in [-0.15, -0.1) is 0 Å². The summed E-state index contributed by atoms with van der Waals surface area (Å²) in [7, 11) is -6.71. The number of nitrogens with zero attached hydrogens (tertiary/aromatic N) is 1. The molecule has 0 atom stereocenters. The first-order valence-corrected chi connectivity index (χ1v) is 15.4. The van der Waals surface area contributed by atoms with E-state index in [-0.39, 0.29) is 35.1 Å². The van der Waals surface area contributed by atoms with Gasteiger partial charge in [-0.25, -0.2) is 16.8 Å². The van der Waals surface area contributed by atoms with E-state index in [1.54, 1.807) is 72.8 Å². The number of benzene rings is 3. The molecule has 12 heteroatoms. The van der Waals surface area contributed by atoms with Crippen LogP contribution < -0.4 is 16.4 Å². The van der Waals surface area contributed by atoms with Crippen molar-refractivity contribution in [3.63, 3.8) is 0 Å². The number of hydrogen-bond donors (Lipinski definition) is 4. The molecule has 0 radical (unpaired) electrons. The SMILES string of the molecule is CS(=O)(=O)c1ccccc1-c1ccc(NC(=O)C2(Nc3cccc(/C(N)=N\O)c3)CCS(=O)(=O)CC2)cc1. The van der Waals surface area contributed by atoms with Gasteiger partial charge in [0.15, 0.2) is 25.5 Å². The summed E-state index contributed by atoms with van der Waals surface area (Å²) in [5.41, 5.74) is 7.10. The average Bonchev–Trinajstić information content (AvgIpc) is 2.89. The molecule has 3 aromatic rings. The standard InChI is InChI=1S/C26H28N4O6S2/c1-37(33,34)23-8-3-2-7-22(23)18-9-11-20(12-10-18)28-25(31)26(13-15-38(35,36)16-14-26)29-21-6-4-5-19(17-21)24(27)30-32/h2-12,17,29,32H,13-16H2,1H3,(H2,27,30)(H,28,31). The van der Waals surface area contributed by atoms with Crippen molar-refractivity contribution in [3.05, 3.63) is 78.4 Å². The fourth-order valence-corrected chi connectivity index (χ4v) is 6.83. The van der Waals surface area contributed by atoms with Gasteiger partial charge in [0, 0.05) is 28.8 Å². The molecule has 1 amide bonds. The summed E-state index contributed by atoms with van der Waals surface area (Å²) in [5, 5.41) is 18.1. The van der Waals surface area contributed by atoms with E-state index in [0.717, 1.165) is 6.26 Å². The molecule has 3 aromatic carbocycles. The molecule has 0 bridgehead atoms. The van der Waals surface area contributed by atoms with Gasteiger partial charge in [0.05, 0.1) is 16.4 Å². The Kier molecular flexibility index (Phi) is 7.47. The van der Waals surface area contributed by atoms with Crippen molar-refractivity contribution in [2.75, 3.05) is 28.4 Å². The Morgan fingerprint density at radius 3 is 2.26 bits per heavy atom. The highest BCUT2D eigenvalue weighted by atomic mass is 32.2. The van der Waals surface area contributed by atoms with Gasteiger partial charge in [-0.3, -0.25) is 4.79 Å². The maximum absolute atomic E-state index is 13.6. The molecule has 38 heavy (non-hydrogen) atoms. The van der Waals surface area contributed by atoms with Gasteiger partial charge in [0.1, 0.15) is 5.54 Å². The van der Waals surface area contributed by atoms with Crippen molar-refractivity contribution < 1.29 is 26.8 Å². The van der Waals surface area contributed by atoms with Crippen LogP contribution in [0, 0.1) is 0 Å². The summed E-state index contributed by atoms with van der Waals surface area (Å²) in [6.07, 6.45) is 1.25. The smallest absolute Gasteiger partial charge is 0.250 e. The molecule has 0 saturated carbocycles. The maximum atomic E-state index is 13.6. The minimum Gasteiger partial charge on any atom is -0.409 e. The second-order valence-corrected chi connectivity index (χ2v) is 13.5. The zero-order valence-electron chi connectivity index (χ0n) is 20.6. The number of hydrogen-bond acceptors (Lipinski definition) is 8. The normalized spacial score (nSPS) is 16.9. The number of amidine groups is 1. The van der Waals surface area contributed by atoms with Crippen LogP contribution in [-0.4, -0.2) is 57.1 Å². The Morgan fingerprint density at radius 2 is 1.63 bits per heavy atom. The number of carbonyl (C=O) groups excluding carboxylic acids is 1. The molecule has 0 aliphatic carbocycles. The topological polar surface area (TPSA) is 168 Å². The van der Waals surface area contributed by atoms with E-state index >= 15 is 0 Å². The quantitative estimate of drug-likeness (QED) is 0.149. The highest BCUT2D eigenvalue weighted by Gasteiger charge is 2.43. The largest absolute Gasteiger partial charge is 0.409 e. The molecule has 1 fully saturated rings. The Bertz CT molecular complexity index is 1590. The molecule has 200 valence electrons. The van der Waals surface area contributed by atoms with Gasteiger partial charge < -0.3 is 21.6 Å². The molecule has 1 saturated heterocycles. The van der Waals surface area contributed by atoms with Crippen molar-refractivity contribution in [1.82, 2.24) is 0 Å². The first-order valence-electron chi connectivity index (χ1n) is 11.7. The molecule has 4 rings (SSSR count). The fraction of sp³-hybridized carbons (Fsp3) is 0.231. The molecule has 1 heterocycles. The number of rotatable bonds is 7. The van der Waals surface area contributed by atoms with E-state index in [2.05, 4.69) is 15.8 Å². The van der Waals surface area contributed by atoms with E-state index in [9.17, 15) is 21.6 Å². The average molecular weight is 557 g/mol. The highest BCUT2D eigenvalue weighted by molar-refractivity contribution is 7.91. The summed E-state index contributed by atoms with van der Waals surface area (Å²) in [5.74, 6) is -0.829. The predicted molar refractivity (Wildman–Crippen MR) is 147 cm³/mol. The lowest BCUT2D eigenvalue weighted by atomic mass is 9.90. The summed E-state index contributed by atoms with van der Waals surface area (Å²) in [4.78, 5) is 13.8. The monoisotopic (exact) mass is 556 g/mol. The van der Waals surface area contributed by atoms with Crippen LogP contribution in [0.5, 0.6) is 0 Å². The second kappa shape index (κ2) is 10.5. The van der Waals surface area contributed by atoms with Gasteiger partial charge in [-0.05, 0) is 48.7 Å². The summed E-state index contributed by atoms with van der Waals surface area (Å²) < 4.78 is 48.7. The lowest BCUT2D eigenvalue weighted by Gasteiger charge is -2.37. The van der Waals surface area contributed by atoms with Crippen LogP contribution in [-0.2, 0) is 24.5 Å². The van der Waals surface area contributed by atoms with Gasteiger partial charge in [-0.2, -0.15) is 0 Å². The van der Waals surface area contributed by atoms with Crippen LogP contribution in [0.15, 0.2) is 82.8 Å². The summed E-state index contributed by atoms with van der Waals surface area (Å²) in [6.45, 7) is 0. The lowest BCUT2D eigenvalue weighted by Crippen LogP contribution is -2.54. The third-order valence-corrected chi connectivity index (χ3v) is 9.31. The van der Waals surface area contributed by atoms with Gasteiger partial charge in [0.2, 0.25) is 5.91 Å². The number of carbonyl (C=O) groups is 1. The molecule has 5 N–H and O–H groups in total. The van der Waals surface area contributed by atoms with Crippen LogP contribution in [0.2, 0.25) is 0 Å². The minimum absolute atomic E-state index is 0.0504. The number of nitrogens with one attached hydrogen (secondary N) is 2. The minimum atomic E-state index is -3.44. The third-order valence-electron chi connectivity index (χ3n) is 6.50. The predicted octanol–water partition coefficient (Wildman–Crippen LogP) is 2.85. The fourth-order valence-electron chi connectivity index (χ4n) is 4.40. The van der Waals surface area contributed by atoms with E-state index in [0.29, 0.717) is 28.1 Å². The van der Waals surface area contributed by atoms with Crippen molar-refractivity contribution in [3.8, 4) is 11.1 Å². The van der Waals surface area contributed by atoms with Crippen molar-refractivity contribution in [1.29, 1.82) is 0 Å². The van der Waals surface area contributed by atoms with E-state index < -0.39 is 31.1 Å². The Balaban J connectivity index is 1.61. The van der Waals surface area contributed by atoms with Crippen LogP contribution >= 0.6 is 0 Å². The van der Waals surface area contributed by atoms with Crippen molar-refractivity contribution >= 4 is 42.8 Å². The third kappa shape index (κ3) is 5.97. The zero-order valence-corrected chi connectivity index (χ0v) is 22.2. The first kappa shape index (κ1) is 27.1. The molecule has 0 spiro atoms. The Morgan fingerprint density at radius 1 is 0.974 bits per heavy atom. The van der Waals surface area contributed by atoms with E-state index in [1.165, 1.54) is 0 Å². The molecule has 0 aromatic heterocycles. The summed E-state index contributed by atoms with van der Waals surface area (Å²) in [6, 6.07) is 20.1. The first-order chi connectivity index (χ1) is 17.9. The second-order valence-electron chi connectivity index (χ2n) is 9.22. The van der Waals surface area contributed by atoms with Gasteiger partial charge >= 0.3 is 0 Å². The molecule has 0 unspecified atom stereocenters. The van der Waals surface area contributed by atoms with Crippen LogP contribution in [0.3, 0.4) is 0 Å². The number of nitrogens with two attached hydrogens (primary N) is 1. The van der Waals surface area contributed by atoms with Crippen molar-refractivity contribution in [2.45, 2.75) is 23.3 Å². The maximum Gasteiger partial charge on any atom is 0.250 e. The van der Waals surface area contributed by atoms with Crippen molar-refractivity contribution in [2.24, 2.45) is 10.9 Å². The van der Waals surface area contributed by atoms with Crippen LogP contribution in [0.1, 0.15) is 18.4 Å². The van der Waals surface area contributed by atoms with E-state index in [1.807, 2.05) is 0 Å². The highest BCUT2D eigenvalue weighted by Crippen LogP contribution is 2.32. The Hall–Kier alpha value is -3.90. The van der Waals surface area contributed by atoms with Crippen LogP contribution in [0.4, 0.5) is 11.4 Å². The molecular formula is C26H28N4O6S2. The van der Waals surface area contributed by atoms with Gasteiger partial charge in [-0.1, -0.05) is 47.6 Å². The molecule has 10 nitrogen and oxygen atoms in total. The number of sulfone groups is 2. The number of oxime groups is 1. The molecule has 1 aliphatic heterocycles. The zero-order chi connectivity index (χ0) is 27.6. The molecular weight excluding hydrogens is 528 g/mol. The molecule has 1 aliphatic rings. The number of anilines is 2. The van der Waals surface area contributed by atoms with Crippen LogP contribution in [0.25, 0.3) is 11.1 Å². The van der Waals surface area contributed by atoms with E-state index in [4.69, 9.17) is 10.9 Å². The number of amides is 1. The van der Waals surface area contributed by atoms with Gasteiger partial charge in [0.25, 0.3) is 0 Å². The summed E-state index contributed by atoms with van der Waals surface area (Å²) >= 11 is 0. The lowest BCUT2D eigenvalue weighted by molar-refractivity contribution is -0.120. The Labute approximate surface area is 221 Å².